The van der Waals surface area contributed by atoms with Crippen LogP contribution in [0.4, 0.5) is 0 Å². The Morgan fingerprint density at radius 2 is 2.12 bits per heavy atom. The van der Waals surface area contributed by atoms with Crippen molar-refractivity contribution in [1.29, 1.82) is 0 Å². The summed E-state index contributed by atoms with van der Waals surface area (Å²) >= 11 is 0. The van der Waals surface area contributed by atoms with Gasteiger partial charge in [-0.15, -0.1) is 0 Å². The van der Waals surface area contributed by atoms with Gasteiger partial charge in [-0.2, -0.15) is 5.48 Å². The Morgan fingerprint density at radius 1 is 1.38 bits per heavy atom. The molecule has 0 bridgehead atoms. The van der Waals surface area contributed by atoms with Crippen molar-refractivity contribution in [1.82, 2.24) is 5.48 Å². The molecule has 4 nitrogen and oxygen atoms in total. The van der Waals surface area contributed by atoms with Crippen LogP contribution in [-0.4, -0.2) is 37.1 Å². The third-order valence-electron chi connectivity index (χ3n) is 3.10. The van der Waals surface area contributed by atoms with Gasteiger partial charge in [0.2, 0.25) is 0 Å². The molecular weight excluding hydrogens is 206 g/mol. The molecule has 0 aromatic rings. The molecule has 1 rings (SSSR count). The molecule has 0 aromatic heterocycles. The summed E-state index contributed by atoms with van der Waals surface area (Å²) in [6.45, 7) is 5.56. The van der Waals surface area contributed by atoms with E-state index in [-0.39, 0.29) is 0 Å². The second-order valence-electron chi connectivity index (χ2n) is 4.57. The average molecular weight is 231 g/mol. The van der Waals surface area contributed by atoms with Crippen LogP contribution >= 0.6 is 0 Å². The molecule has 1 saturated carbocycles. The molecule has 0 saturated heterocycles. The molecule has 3 unspecified atom stereocenters. The molecule has 0 heterocycles. The predicted octanol–water partition coefficient (Wildman–Crippen LogP) is 1.48. The zero-order valence-corrected chi connectivity index (χ0v) is 10.4. The molecule has 1 aliphatic rings. The first kappa shape index (κ1) is 13.9. The van der Waals surface area contributed by atoms with E-state index in [1.807, 2.05) is 6.92 Å². The minimum Gasteiger partial charge on any atom is -0.389 e. The van der Waals surface area contributed by atoms with Gasteiger partial charge in [0.25, 0.3) is 0 Å². The molecule has 0 amide bonds. The van der Waals surface area contributed by atoms with E-state index < -0.39 is 6.10 Å². The maximum Gasteiger partial charge on any atom is 0.0921 e. The van der Waals surface area contributed by atoms with Crippen molar-refractivity contribution in [2.45, 2.75) is 51.7 Å². The second-order valence-corrected chi connectivity index (χ2v) is 4.57. The van der Waals surface area contributed by atoms with E-state index in [4.69, 9.17) is 9.57 Å². The molecule has 0 aromatic carbocycles. The Balaban J connectivity index is 2.07. The summed E-state index contributed by atoms with van der Waals surface area (Å²) in [5, 5.41) is 9.63. The predicted molar refractivity (Wildman–Crippen MR) is 63.0 cm³/mol. The molecule has 2 N–H and O–H groups in total. The molecule has 96 valence electrons. The van der Waals surface area contributed by atoms with Gasteiger partial charge < -0.3 is 14.7 Å². The zero-order valence-electron chi connectivity index (χ0n) is 10.4. The van der Waals surface area contributed by atoms with Crippen LogP contribution < -0.4 is 5.48 Å². The summed E-state index contributed by atoms with van der Waals surface area (Å²) in [7, 11) is 0. The number of hydroxylamine groups is 1. The highest BCUT2D eigenvalue weighted by Crippen LogP contribution is 2.26. The van der Waals surface area contributed by atoms with Crippen molar-refractivity contribution >= 4 is 0 Å². The van der Waals surface area contributed by atoms with Crippen LogP contribution in [0.3, 0.4) is 0 Å². The van der Waals surface area contributed by atoms with Gasteiger partial charge in [-0.1, -0.05) is 19.8 Å². The second kappa shape index (κ2) is 8.01. The molecule has 0 radical (unpaired) electrons. The van der Waals surface area contributed by atoms with E-state index in [0.29, 0.717) is 31.8 Å². The Labute approximate surface area is 98.3 Å². The standard InChI is InChI=1S/C12H25NO3/c1-3-16-13-8-11(14)9-15-12-7-5-4-6-10(12)2/h10-14H,3-9H2,1-2H3. The lowest BCUT2D eigenvalue weighted by Gasteiger charge is -2.29. The van der Waals surface area contributed by atoms with Crippen LogP contribution in [0.25, 0.3) is 0 Å². The third kappa shape index (κ3) is 5.25. The van der Waals surface area contributed by atoms with E-state index in [1.54, 1.807) is 0 Å². The minimum absolute atomic E-state index is 0.329. The summed E-state index contributed by atoms with van der Waals surface area (Å²) in [6.07, 6.45) is 4.79. The highest BCUT2D eigenvalue weighted by molar-refractivity contribution is 4.73. The van der Waals surface area contributed by atoms with Gasteiger partial charge in [0.15, 0.2) is 0 Å². The minimum atomic E-state index is -0.485. The van der Waals surface area contributed by atoms with Crippen LogP contribution in [0, 0.1) is 5.92 Å². The zero-order chi connectivity index (χ0) is 11.8. The van der Waals surface area contributed by atoms with Crippen LogP contribution in [0.1, 0.15) is 39.5 Å². The van der Waals surface area contributed by atoms with E-state index >= 15 is 0 Å². The van der Waals surface area contributed by atoms with Crippen molar-refractivity contribution in [2.75, 3.05) is 19.8 Å². The Bertz CT molecular complexity index is 178. The molecule has 3 atom stereocenters. The van der Waals surface area contributed by atoms with Crippen LogP contribution in [0.15, 0.2) is 0 Å². The van der Waals surface area contributed by atoms with Crippen molar-refractivity contribution in [3.63, 3.8) is 0 Å². The van der Waals surface area contributed by atoms with Crippen molar-refractivity contribution in [3.8, 4) is 0 Å². The molecule has 16 heavy (non-hydrogen) atoms. The molecule has 1 aliphatic carbocycles. The molecule has 4 heteroatoms. The van der Waals surface area contributed by atoms with Gasteiger partial charge in [0.05, 0.1) is 25.4 Å². The smallest absolute Gasteiger partial charge is 0.0921 e. The number of nitrogens with one attached hydrogen (secondary N) is 1. The van der Waals surface area contributed by atoms with Crippen molar-refractivity contribution < 1.29 is 14.7 Å². The van der Waals surface area contributed by atoms with Crippen LogP contribution in [0.5, 0.6) is 0 Å². The Hall–Kier alpha value is -0.160. The monoisotopic (exact) mass is 231 g/mol. The quantitative estimate of drug-likeness (QED) is 0.515. The highest BCUT2D eigenvalue weighted by atomic mass is 16.6. The molecule has 1 fully saturated rings. The first-order chi connectivity index (χ1) is 7.74. The first-order valence-corrected chi connectivity index (χ1v) is 6.38. The van der Waals surface area contributed by atoms with Crippen LogP contribution in [-0.2, 0) is 9.57 Å². The van der Waals surface area contributed by atoms with E-state index in [2.05, 4.69) is 12.4 Å². The van der Waals surface area contributed by atoms with Crippen LogP contribution in [0.2, 0.25) is 0 Å². The van der Waals surface area contributed by atoms with Gasteiger partial charge in [-0.3, -0.25) is 0 Å². The van der Waals surface area contributed by atoms with E-state index in [9.17, 15) is 5.11 Å². The number of ether oxygens (including phenoxy) is 1. The molecule has 0 aliphatic heterocycles. The van der Waals surface area contributed by atoms with Gasteiger partial charge in [0, 0.05) is 6.54 Å². The number of aliphatic hydroxyl groups is 1. The normalized spacial score (nSPS) is 27.9. The summed E-state index contributed by atoms with van der Waals surface area (Å²) in [5.41, 5.74) is 2.70. The fourth-order valence-corrected chi connectivity index (χ4v) is 2.08. The summed E-state index contributed by atoms with van der Waals surface area (Å²) in [4.78, 5) is 4.95. The van der Waals surface area contributed by atoms with Crippen molar-refractivity contribution in [2.24, 2.45) is 5.92 Å². The third-order valence-corrected chi connectivity index (χ3v) is 3.10. The topological polar surface area (TPSA) is 50.7 Å². The van der Waals surface area contributed by atoms with Gasteiger partial charge in [-0.05, 0) is 25.7 Å². The largest absolute Gasteiger partial charge is 0.389 e. The maximum atomic E-state index is 9.63. The first-order valence-electron chi connectivity index (χ1n) is 6.38. The maximum absolute atomic E-state index is 9.63. The summed E-state index contributed by atoms with van der Waals surface area (Å²) in [5.74, 6) is 0.626. The lowest BCUT2D eigenvalue weighted by molar-refractivity contribution is -0.0587. The van der Waals surface area contributed by atoms with Gasteiger partial charge in [0.1, 0.15) is 0 Å². The number of rotatable bonds is 7. The Kier molecular flexibility index (Phi) is 6.96. The summed E-state index contributed by atoms with van der Waals surface area (Å²) < 4.78 is 5.74. The molecule has 0 spiro atoms. The lowest BCUT2D eigenvalue weighted by atomic mass is 9.88. The van der Waals surface area contributed by atoms with Gasteiger partial charge >= 0.3 is 0 Å². The SMILES string of the molecule is CCONCC(O)COC1CCCCC1C. The van der Waals surface area contributed by atoms with Crippen molar-refractivity contribution in [3.05, 3.63) is 0 Å². The fraction of sp³-hybridized carbons (Fsp3) is 1.00. The number of hydrogen-bond acceptors (Lipinski definition) is 4. The fourth-order valence-electron chi connectivity index (χ4n) is 2.08. The lowest BCUT2D eigenvalue weighted by Crippen LogP contribution is -2.34. The highest BCUT2D eigenvalue weighted by Gasteiger charge is 2.22. The average Bonchev–Trinajstić information content (AvgIpc) is 2.28. The Morgan fingerprint density at radius 3 is 2.81 bits per heavy atom. The number of hydrogen-bond donors (Lipinski definition) is 2. The van der Waals surface area contributed by atoms with E-state index in [0.717, 1.165) is 6.42 Å². The van der Waals surface area contributed by atoms with E-state index in [1.165, 1.54) is 19.3 Å². The number of aliphatic hydroxyl groups excluding tert-OH is 1. The molecular formula is C12H25NO3. The summed E-state index contributed by atoms with van der Waals surface area (Å²) in [6, 6.07) is 0. The van der Waals surface area contributed by atoms with Gasteiger partial charge in [-0.25, -0.2) is 0 Å².